The summed E-state index contributed by atoms with van der Waals surface area (Å²) in [6.07, 6.45) is -4.69. The Morgan fingerprint density at radius 1 is 1.15 bits per heavy atom. The van der Waals surface area contributed by atoms with Crippen molar-refractivity contribution < 1.29 is 27.5 Å². The SMILES string of the molecule is CCOc1ccc(N[C@@H]2CC(=O)N(c3cccc(C(F)(F)F)c3)C2=O)cc1. The number of anilines is 2. The molecule has 2 aromatic carbocycles. The maximum absolute atomic E-state index is 12.9. The van der Waals surface area contributed by atoms with Crippen molar-refractivity contribution in [1.82, 2.24) is 0 Å². The molecule has 0 unspecified atom stereocenters. The van der Waals surface area contributed by atoms with Gasteiger partial charge >= 0.3 is 6.18 Å². The fraction of sp³-hybridized carbons (Fsp3) is 0.263. The van der Waals surface area contributed by atoms with Crippen LogP contribution < -0.4 is 15.0 Å². The molecule has 0 saturated carbocycles. The number of imide groups is 1. The highest BCUT2D eigenvalue weighted by Gasteiger charge is 2.40. The fourth-order valence-electron chi connectivity index (χ4n) is 2.85. The van der Waals surface area contributed by atoms with E-state index in [9.17, 15) is 22.8 Å². The average Bonchev–Trinajstić information content (AvgIpc) is 2.90. The molecule has 0 bridgehead atoms. The zero-order valence-electron chi connectivity index (χ0n) is 14.4. The van der Waals surface area contributed by atoms with Crippen molar-refractivity contribution in [1.29, 1.82) is 0 Å². The third-order valence-electron chi connectivity index (χ3n) is 4.08. The number of benzene rings is 2. The molecular weight excluding hydrogens is 361 g/mol. The first-order chi connectivity index (χ1) is 12.8. The van der Waals surface area contributed by atoms with Gasteiger partial charge in [0.15, 0.2) is 0 Å². The van der Waals surface area contributed by atoms with Gasteiger partial charge in [-0.15, -0.1) is 0 Å². The zero-order valence-corrected chi connectivity index (χ0v) is 14.4. The van der Waals surface area contributed by atoms with Gasteiger partial charge in [-0.05, 0) is 49.4 Å². The van der Waals surface area contributed by atoms with Gasteiger partial charge in [-0.2, -0.15) is 13.2 Å². The van der Waals surface area contributed by atoms with E-state index in [0.29, 0.717) is 18.0 Å². The highest BCUT2D eigenvalue weighted by atomic mass is 19.4. The van der Waals surface area contributed by atoms with Crippen molar-refractivity contribution in [3.63, 3.8) is 0 Å². The number of carbonyl (C=O) groups excluding carboxylic acids is 2. The predicted molar refractivity (Wildman–Crippen MR) is 93.6 cm³/mol. The maximum Gasteiger partial charge on any atom is 0.416 e. The van der Waals surface area contributed by atoms with E-state index in [1.807, 2.05) is 6.92 Å². The molecule has 27 heavy (non-hydrogen) atoms. The highest BCUT2D eigenvalue weighted by Crippen LogP contribution is 2.33. The quantitative estimate of drug-likeness (QED) is 0.803. The van der Waals surface area contributed by atoms with Crippen LogP contribution in [0.4, 0.5) is 24.5 Å². The molecule has 2 aromatic rings. The van der Waals surface area contributed by atoms with Gasteiger partial charge in [0, 0.05) is 5.69 Å². The number of rotatable bonds is 5. The lowest BCUT2D eigenvalue weighted by atomic mass is 10.2. The maximum atomic E-state index is 12.9. The first kappa shape index (κ1) is 18.8. The van der Waals surface area contributed by atoms with Crippen molar-refractivity contribution in [2.45, 2.75) is 25.6 Å². The smallest absolute Gasteiger partial charge is 0.416 e. The topological polar surface area (TPSA) is 58.6 Å². The Kier molecular flexibility index (Phi) is 5.07. The standard InChI is InChI=1S/C19H17F3N2O3/c1-2-27-15-8-6-13(7-9-15)23-16-11-17(25)24(18(16)26)14-5-3-4-12(10-14)19(20,21)22/h3-10,16,23H,2,11H2,1H3/t16-/m1/s1. The van der Waals surface area contributed by atoms with Gasteiger partial charge in [-0.3, -0.25) is 9.59 Å². The first-order valence-corrected chi connectivity index (χ1v) is 8.33. The van der Waals surface area contributed by atoms with Gasteiger partial charge in [0.05, 0.1) is 24.3 Å². The predicted octanol–water partition coefficient (Wildman–Crippen LogP) is 3.85. The lowest BCUT2D eigenvalue weighted by Crippen LogP contribution is -2.35. The molecule has 0 radical (unpaired) electrons. The largest absolute Gasteiger partial charge is 0.494 e. The summed E-state index contributed by atoms with van der Waals surface area (Å²) in [6, 6.07) is 10.2. The summed E-state index contributed by atoms with van der Waals surface area (Å²) in [7, 11) is 0. The van der Waals surface area contributed by atoms with Crippen molar-refractivity contribution in [2.75, 3.05) is 16.8 Å². The Labute approximate surface area is 153 Å². The molecule has 1 fully saturated rings. The van der Waals surface area contributed by atoms with Gasteiger partial charge in [0.2, 0.25) is 5.91 Å². The number of nitrogens with one attached hydrogen (secondary N) is 1. The number of amides is 2. The lowest BCUT2D eigenvalue weighted by Gasteiger charge is -2.17. The number of nitrogens with zero attached hydrogens (tertiary/aromatic N) is 1. The van der Waals surface area contributed by atoms with Crippen LogP contribution in [0.3, 0.4) is 0 Å². The minimum atomic E-state index is -4.55. The molecular formula is C19H17F3N2O3. The molecule has 0 aromatic heterocycles. The van der Waals surface area contributed by atoms with Crippen LogP contribution in [0.5, 0.6) is 5.75 Å². The van der Waals surface area contributed by atoms with Crippen LogP contribution in [0.25, 0.3) is 0 Å². The summed E-state index contributed by atoms with van der Waals surface area (Å²) in [4.78, 5) is 25.6. The second-order valence-corrected chi connectivity index (χ2v) is 5.97. The van der Waals surface area contributed by atoms with Gasteiger partial charge in [0.1, 0.15) is 11.8 Å². The van der Waals surface area contributed by atoms with Gasteiger partial charge < -0.3 is 10.1 Å². The van der Waals surface area contributed by atoms with Crippen LogP contribution in [-0.2, 0) is 15.8 Å². The molecule has 1 saturated heterocycles. The van der Waals surface area contributed by atoms with E-state index in [2.05, 4.69) is 5.32 Å². The van der Waals surface area contributed by atoms with Gasteiger partial charge in [-0.25, -0.2) is 4.90 Å². The zero-order chi connectivity index (χ0) is 19.6. The Bertz CT molecular complexity index is 850. The molecule has 1 N–H and O–H groups in total. The first-order valence-electron chi connectivity index (χ1n) is 8.33. The van der Waals surface area contributed by atoms with Crippen LogP contribution >= 0.6 is 0 Å². The van der Waals surface area contributed by atoms with Crippen molar-refractivity contribution in [3.8, 4) is 5.75 Å². The Hall–Kier alpha value is -3.03. The number of ether oxygens (including phenoxy) is 1. The minimum Gasteiger partial charge on any atom is -0.494 e. The van der Waals surface area contributed by atoms with E-state index in [-0.39, 0.29) is 12.1 Å². The lowest BCUT2D eigenvalue weighted by molar-refractivity contribution is -0.137. The van der Waals surface area contributed by atoms with Crippen molar-refractivity contribution in [2.24, 2.45) is 0 Å². The van der Waals surface area contributed by atoms with Crippen molar-refractivity contribution in [3.05, 3.63) is 54.1 Å². The summed E-state index contributed by atoms with van der Waals surface area (Å²) >= 11 is 0. The van der Waals surface area contributed by atoms with Crippen LogP contribution in [0.15, 0.2) is 48.5 Å². The van der Waals surface area contributed by atoms with E-state index in [1.165, 1.54) is 12.1 Å². The van der Waals surface area contributed by atoms with Crippen LogP contribution in [-0.4, -0.2) is 24.5 Å². The molecule has 3 rings (SSSR count). The Balaban J connectivity index is 1.77. The third kappa shape index (κ3) is 4.05. The summed E-state index contributed by atoms with van der Waals surface area (Å²) in [5.41, 5.74) is -0.394. The molecule has 5 nitrogen and oxygen atoms in total. The molecule has 0 aliphatic carbocycles. The fourth-order valence-corrected chi connectivity index (χ4v) is 2.85. The summed E-state index contributed by atoms with van der Waals surface area (Å²) in [5, 5.41) is 2.95. The van der Waals surface area contributed by atoms with Crippen LogP contribution in [0.1, 0.15) is 18.9 Å². The van der Waals surface area contributed by atoms with Crippen molar-refractivity contribution >= 4 is 23.2 Å². The van der Waals surface area contributed by atoms with E-state index < -0.39 is 29.6 Å². The second kappa shape index (κ2) is 7.30. The minimum absolute atomic E-state index is 0.0872. The van der Waals surface area contributed by atoms with E-state index >= 15 is 0 Å². The molecule has 2 amide bonds. The number of hydrogen-bond donors (Lipinski definition) is 1. The highest BCUT2D eigenvalue weighted by molar-refractivity contribution is 6.23. The van der Waals surface area contributed by atoms with E-state index in [0.717, 1.165) is 17.0 Å². The summed E-state index contributed by atoms with van der Waals surface area (Å²) < 4.78 is 44.0. The van der Waals surface area contributed by atoms with E-state index in [4.69, 9.17) is 4.74 Å². The second-order valence-electron chi connectivity index (χ2n) is 5.97. The summed E-state index contributed by atoms with van der Waals surface area (Å²) in [6.45, 7) is 2.38. The average molecular weight is 378 g/mol. The molecule has 1 aliphatic rings. The summed E-state index contributed by atoms with van der Waals surface area (Å²) in [5.74, 6) is -0.474. The number of halogens is 3. The van der Waals surface area contributed by atoms with Gasteiger partial charge in [0.25, 0.3) is 5.91 Å². The number of alkyl halides is 3. The van der Waals surface area contributed by atoms with E-state index in [1.54, 1.807) is 24.3 Å². The normalized spacial score (nSPS) is 17.3. The Morgan fingerprint density at radius 3 is 2.48 bits per heavy atom. The third-order valence-corrected chi connectivity index (χ3v) is 4.08. The van der Waals surface area contributed by atoms with Crippen LogP contribution in [0, 0.1) is 0 Å². The molecule has 1 heterocycles. The van der Waals surface area contributed by atoms with Crippen LogP contribution in [0.2, 0.25) is 0 Å². The number of carbonyl (C=O) groups is 2. The molecule has 142 valence electrons. The number of hydrogen-bond acceptors (Lipinski definition) is 4. The monoisotopic (exact) mass is 378 g/mol. The Morgan fingerprint density at radius 2 is 1.85 bits per heavy atom. The van der Waals surface area contributed by atoms with Gasteiger partial charge in [-0.1, -0.05) is 6.07 Å². The molecule has 0 spiro atoms. The molecule has 1 atom stereocenters. The molecule has 1 aliphatic heterocycles. The molecule has 8 heteroatoms.